The Bertz CT molecular complexity index is 30.5. The van der Waals surface area contributed by atoms with E-state index >= 15 is 0 Å². The van der Waals surface area contributed by atoms with Crippen LogP contribution in [0.25, 0.3) is 0 Å². The summed E-state index contributed by atoms with van der Waals surface area (Å²) in [5, 5.41) is 0. The van der Waals surface area contributed by atoms with Crippen molar-refractivity contribution in [2.75, 3.05) is 27.4 Å². The van der Waals surface area contributed by atoms with Gasteiger partial charge in [-0.15, -0.1) is 0 Å². The third-order valence-corrected chi connectivity index (χ3v) is 0.492. The normalized spacial score (nSPS) is 5.40. The third-order valence-electron chi connectivity index (χ3n) is 0.492. The number of hydrogen-bond acceptors (Lipinski definition) is 2. The van der Waals surface area contributed by atoms with E-state index in [1.54, 1.807) is 14.2 Å². The molecule has 0 aromatic carbocycles. The second kappa shape index (κ2) is 30.4. The molecule has 0 aromatic heterocycles. The molecule has 0 bridgehead atoms. The standard InChI is InChI=1S/C4H10O2.3ClH.Nd/c1-5-3-4-6-2;;;;/h3-4H2,1-2H3;3*1H;/q;;;;+3/p-3. The van der Waals surface area contributed by atoms with Crippen molar-refractivity contribution in [1.82, 2.24) is 0 Å². The Hall–Kier alpha value is 2.14. The van der Waals surface area contributed by atoms with Crippen molar-refractivity contribution in [2.45, 2.75) is 0 Å². The summed E-state index contributed by atoms with van der Waals surface area (Å²) in [6.07, 6.45) is 0. The monoisotopic (exact) mass is 337 g/mol. The van der Waals surface area contributed by atoms with Crippen LogP contribution in [0.2, 0.25) is 0 Å². The van der Waals surface area contributed by atoms with Crippen molar-refractivity contribution < 1.29 is 87.5 Å². The molecule has 0 N–H and O–H groups in total. The molecule has 6 heteroatoms. The average Bonchev–Trinajstić information content (AvgIpc) is 1.61. The molecule has 0 unspecified atom stereocenters. The third kappa shape index (κ3) is 32.1. The zero-order valence-corrected chi connectivity index (χ0v) is 11.3. The molecular formula is C4H10Cl3NdO2. The van der Waals surface area contributed by atoms with E-state index in [4.69, 9.17) is 0 Å². The second-order valence-electron chi connectivity index (χ2n) is 0.986. The number of ether oxygens (including phenoxy) is 2. The molecule has 0 aliphatic rings. The van der Waals surface area contributed by atoms with Crippen LogP contribution in [0, 0.1) is 40.8 Å². The van der Waals surface area contributed by atoms with Gasteiger partial charge in [-0.05, 0) is 0 Å². The van der Waals surface area contributed by atoms with E-state index < -0.39 is 0 Å². The maximum Gasteiger partial charge on any atom is 3.00 e. The molecule has 0 spiro atoms. The second-order valence-corrected chi connectivity index (χ2v) is 0.986. The number of rotatable bonds is 3. The first-order valence-electron chi connectivity index (χ1n) is 1.89. The van der Waals surface area contributed by atoms with Crippen LogP contribution < -0.4 is 37.2 Å². The predicted octanol–water partition coefficient (Wildman–Crippen LogP) is -8.71. The first-order chi connectivity index (χ1) is 2.91. The molecule has 0 aliphatic carbocycles. The summed E-state index contributed by atoms with van der Waals surface area (Å²) in [6, 6.07) is 0. The Balaban J connectivity index is -0.0000000208. The quantitative estimate of drug-likeness (QED) is 0.475. The van der Waals surface area contributed by atoms with Gasteiger partial charge in [-0.2, -0.15) is 0 Å². The number of methoxy groups -OCH3 is 2. The SMILES string of the molecule is COCCOC.[Cl-].[Cl-].[Cl-].[Nd+3]. The van der Waals surface area contributed by atoms with E-state index in [1.165, 1.54) is 0 Å². The summed E-state index contributed by atoms with van der Waals surface area (Å²) in [7, 11) is 3.30. The van der Waals surface area contributed by atoms with Gasteiger partial charge in [-0.1, -0.05) is 0 Å². The number of halogens is 3. The van der Waals surface area contributed by atoms with Crippen LogP contribution in [0.15, 0.2) is 0 Å². The summed E-state index contributed by atoms with van der Waals surface area (Å²) in [4.78, 5) is 0. The molecule has 1 radical (unpaired) electrons. The summed E-state index contributed by atoms with van der Waals surface area (Å²) in [6.45, 7) is 1.38. The van der Waals surface area contributed by atoms with Crippen molar-refractivity contribution in [3.63, 3.8) is 0 Å². The van der Waals surface area contributed by atoms with Crippen molar-refractivity contribution in [3.8, 4) is 0 Å². The first kappa shape index (κ1) is 29.6. The predicted molar refractivity (Wildman–Crippen MR) is 23.8 cm³/mol. The van der Waals surface area contributed by atoms with Crippen molar-refractivity contribution in [2.24, 2.45) is 0 Å². The van der Waals surface area contributed by atoms with Crippen LogP contribution in [0.4, 0.5) is 0 Å². The first-order valence-corrected chi connectivity index (χ1v) is 1.89. The van der Waals surface area contributed by atoms with Crippen LogP contribution in [0.1, 0.15) is 0 Å². The minimum atomic E-state index is 0. The molecule has 0 amide bonds. The molecule has 0 aromatic rings. The fourth-order valence-corrected chi connectivity index (χ4v) is 0.167. The van der Waals surface area contributed by atoms with Crippen molar-refractivity contribution >= 4 is 0 Å². The minimum Gasteiger partial charge on any atom is -1.00 e. The van der Waals surface area contributed by atoms with Crippen LogP contribution >= 0.6 is 0 Å². The van der Waals surface area contributed by atoms with Crippen LogP contribution in [-0.2, 0) is 9.47 Å². The van der Waals surface area contributed by atoms with Gasteiger partial charge >= 0.3 is 40.8 Å². The minimum absolute atomic E-state index is 0. The molecule has 0 aliphatic heterocycles. The van der Waals surface area contributed by atoms with Gasteiger partial charge in [0.15, 0.2) is 0 Å². The molecule has 63 valence electrons. The van der Waals surface area contributed by atoms with E-state index in [9.17, 15) is 0 Å². The van der Waals surface area contributed by atoms with E-state index in [0.717, 1.165) is 0 Å². The van der Waals surface area contributed by atoms with E-state index in [2.05, 4.69) is 9.47 Å². The number of hydrogen-bond donors (Lipinski definition) is 0. The maximum absolute atomic E-state index is 4.66. The largest absolute Gasteiger partial charge is 3.00 e. The Kier molecular flexibility index (Phi) is 89.8. The summed E-state index contributed by atoms with van der Waals surface area (Å²) < 4.78 is 9.31. The summed E-state index contributed by atoms with van der Waals surface area (Å²) in [5.74, 6) is 0. The molecule has 2 nitrogen and oxygen atoms in total. The Morgan fingerprint density at radius 2 is 1.00 bits per heavy atom. The molecular weight excluding hydrogens is 331 g/mol. The molecule has 0 fully saturated rings. The van der Waals surface area contributed by atoms with E-state index in [1.807, 2.05) is 0 Å². The average molecular weight is 341 g/mol. The van der Waals surface area contributed by atoms with Gasteiger partial charge in [0.1, 0.15) is 0 Å². The van der Waals surface area contributed by atoms with Crippen LogP contribution in [0.3, 0.4) is 0 Å². The molecule has 10 heavy (non-hydrogen) atoms. The van der Waals surface area contributed by atoms with Crippen molar-refractivity contribution in [3.05, 3.63) is 0 Å². The fraction of sp³-hybridized carbons (Fsp3) is 1.00. The van der Waals surface area contributed by atoms with Gasteiger partial charge in [-0.25, -0.2) is 0 Å². The van der Waals surface area contributed by atoms with Crippen LogP contribution in [0.5, 0.6) is 0 Å². The maximum atomic E-state index is 4.66. The molecule has 0 rings (SSSR count). The van der Waals surface area contributed by atoms with Gasteiger partial charge < -0.3 is 46.7 Å². The summed E-state index contributed by atoms with van der Waals surface area (Å²) in [5.41, 5.74) is 0. The molecule has 0 saturated carbocycles. The van der Waals surface area contributed by atoms with Crippen LogP contribution in [-0.4, -0.2) is 27.4 Å². The Morgan fingerprint density at radius 1 is 0.800 bits per heavy atom. The van der Waals surface area contributed by atoms with E-state index in [0.29, 0.717) is 13.2 Å². The smallest absolute Gasteiger partial charge is 1.00 e. The van der Waals surface area contributed by atoms with Crippen molar-refractivity contribution in [1.29, 1.82) is 0 Å². The molecule has 0 saturated heterocycles. The van der Waals surface area contributed by atoms with Gasteiger partial charge in [0.25, 0.3) is 0 Å². The topological polar surface area (TPSA) is 18.5 Å². The van der Waals surface area contributed by atoms with Gasteiger partial charge in [-0.3, -0.25) is 0 Å². The van der Waals surface area contributed by atoms with Gasteiger partial charge in [0.2, 0.25) is 0 Å². The zero-order chi connectivity index (χ0) is 4.83. The fourth-order valence-electron chi connectivity index (χ4n) is 0.167. The Labute approximate surface area is 114 Å². The molecule has 0 atom stereocenters. The van der Waals surface area contributed by atoms with Gasteiger partial charge in [0.05, 0.1) is 13.2 Å². The Morgan fingerprint density at radius 3 is 1.10 bits per heavy atom. The molecule has 0 heterocycles. The van der Waals surface area contributed by atoms with E-state index in [-0.39, 0.29) is 78.1 Å². The zero-order valence-electron chi connectivity index (χ0n) is 5.86. The van der Waals surface area contributed by atoms with Gasteiger partial charge in [0, 0.05) is 14.2 Å². The summed E-state index contributed by atoms with van der Waals surface area (Å²) >= 11 is 0.